The van der Waals surface area contributed by atoms with E-state index in [0.29, 0.717) is 33.0 Å². The molecule has 11 heteroatoms. The normalized spacial score (nSPS) is 11.2. The first-order chi connectivity index (χ1) is 14.8. The number of sulfonamides is 1. The fourth-order valence-electron chi connectivity index (χ4n) is 2.83. The molecule has 164 valence electrons. The number of hydrogen-bond donors (Lipinski definition) is 1. The SMILES string of the molecule is COc1ccc(N(CCCC(=O)Nc2nnc(-c3ccccc3)s2)S(C)(=O)=O)cc1Cl. The van der Waals surface area contributed by atoms with E-state index in [4.69, 9.17) is 16.3 Å². The van der Waals surface area contributed by atoms with E-state index >= 15 is 0 Å². The number of anilines is 2. The molecule has 3 rings (SSSR count). The van der Waals surface area contributed by atoms with Crippen molar-refractivity contribution in [2.24, 2.45) is 0 Å². The van der Waals surface area contributed by atoms with E-state index in [2.05, 4.69) is 15.5 Å². The zero-order chi connectivity index (χ0) is 22.4. The number of nitrogens with one attached hydrogen (secondary N) is 1. The molecule has 0 saturated heterocycles. The summed E-state index contributed by atoms with van der Waals surface area (Å²) in [6, 6.07) is 14.3. The molecule has 0 aliphatic heterocycles. The van der Waals surface area contributed by atoms with Gasteiger partial charge in [-0.25, -0.2) is 8.42 Å². The minimum Gasteiger partial charge on any atom is -0.495 e. The molecule has 31 heavy (non-hydrogen) atoms. The Balaban J connectivity index is 1.59. The smallest absolute Gasteiger partial charge is 0.232 e. The lowest BCUT2D eigenvalue weighted by Crippen LogP contribution is -2.31. The Bertz CT molecular complexity index is 1150. The molecular weight excluding hydrogens is 460 g/mol. The highest BCUT2D eigenvalue weighted by Crippen LogP contribution is 2.30. The fraction of sp³-hybridized carbons (Fsp3) is 0.250. The lowest BCUT2D eigenvalue weighted by Gasteiger charge is -2.23. The summed E-state index contributed by atoms with van der Waals surface area (Å²) < 4.78 is 30.8. The van der Waals surface area contributed by atoms with Crippen molar-refractivity contribution >= 4 is 49.7 Å². The van der Waals surface area contributed by atoms with Crippen molar-refractivity contribution in [3.63, 3.8) is 0 Å². The minimum atomic E-state index is -3.56. The van der Waals surface area contributed by atoms with Crippen molar-refractivity contribution in [3.8, 4) is 16.3 Å². The summed E-state index contributed by atoms with van der Waals surface area (Å²) in [5.41, 5.74) is 1.33. The lowest BCUT2D eigenvalue weighted by atomic mass is 10.2. The Morgan fingerprint density at radius 1 is 1.19 bits per heavy atom. The van der Waals surface area contributed by atoms with Gasteiger partial charge in [-0.2, -0.15) is 0 Å². The number of ether oxygens (including phenoxy) is 1. The molecule has 1 heterocycles. The monoisotopic (exact) mass is 480 g/mol. The van der Waals surface area contributed by atoms with E-state index in [-0.39, 0.29) is 18.9 Å². The first kappa shape index (κ1) is 23.0. The van der Waals surface area contributed by atoms with Crippen molar-refractivity contribution in [2.45, 2.75) is 12.8 Å². The van der Waals surface area contributed by atoms with Crippen LogP contribution in [0.25, 0.3) is 10.6 Å². The summed E-state index contributed by atoms with van der Waals surface area (Å²) in [6.45, 7) is 0.125. The topological polar surface area (TPSA) is 101 Å². The average molecular weight is 481 g/mol. The summed E-state index contributed by atoms with van der Waals surface area (Å²) in [4.78, 5) is 12.3. The van der Waals surface area contributed by atoms with Crippen molar-refractivity contribution in [1.29, 1.82) is 0 Å². The molecule has 1 aromatic heterocycles. The van der Waals surface area contributed by atoms with Crippen LogP contribution in [0.3, 0.4) is 0 Å². The number of nitrogens with zero attached hydrogens (tertiary/aromatic N) is 3. The van der Waals surface area contributed by atoms with Crippen LogP contribution in [0.1, 0.15) is 12.8 Å². The number of halogens is 1. The van der Waals surface area contributed by atoms with E-state index in [1.807, 2.05) is 30.3 Å². The van der Waals surface area contributed by atoms with Gasteiger partial charge < -0.3 is 10.1 Å². The Labute approximate surface area is 189 Å². The van der Waals surface area contributed by atoms with E-state index in [9.17, 15) is 13.2 Å². The van der Waals surface area contributed by atoms with Crippen LogP contribution < -0.4 is 14.4 Å². The van der Waals surface area contributed by atoms with Gasteiger partial charge >= 0.3 is 0 Å². The summed E-state index contributed by atoms with van der Waals surface area (Å²) in [6.07, 6.45) is 1.54. The van der Waals surface area contributed by atoms with Gasteiger partial charge in [-0.1, -0.05) is 53.3 Å². The van der Waals surface area contributed by atoms with E-state index in [0.717, 1.165) is 11.8 Å². The lowest BCUT2D eigenvalue weighted by molar-refractivity contribution is -0.116. The molecular formula is C20H21ClN4O4S2. The first-order valence-corrected chi connectivity index (χ1v) is 12.3. The minimum absolute atomic E-state index is 0.121. The molecule has 0 saturated carbocycles. The van der Waals surface area contributed by atoms with Gasteiger partial charge in [-0.05, 0) is 24.6 Å². The molecule has 8 nitrogen and oxygen atoms in total. The number of benzene rings is 2. The van der Waals surface area contributed by atoms with Crippen molar-refractivity contribution in [1.82, 2.24) is 10.2 Å². The third-order valence-corrected chi connectivity index (χ3v) is 6.66. The predicted molar refractivity (Wildman–Crippen MR) is 123 cm³/mol. The summed E-state index contributed by atoms with van der Waals surface area (Å²) >= 11 is 7.40. The van der Waals surface area contributed by atoms with Crippen LogP contribution in [-0.4, -0.2) is 44.4 Å². The Hall–Kier alpha value is -2.69. The molecule has 0 atom stereocenters. The zero-order valence-electron chi connectivity index (χ0n) is 16.9. The van der Waals surface area contributed by atoms with Gasteiger partial charge in [0.1, 0.15) is 10.8 Å². The summed E-state index contributed by atoms with van der Waals surface area (Å²) in [7, 11) is -2.08. The van der Waals surface area contributed by atoms with Crippen LogP contribution in [0.2, 0.25) is 5.02 Å². The van der Waals surface area contributed by atoms with Crippen LogP contribution in [0, 0.1) is 0 Å². The van der Waals surface area contributed by atoms with Gasteiger partial charge in [0, 0.05) is 18.5 Å². The zero-order valence-corrected chi connectivity index (χ0v) is 19.3. The average Bonchev–Trinajstić information content (AvgIpc) is 3.19. The summed E-state index contributed by atoms with van der Waals surface area (Å²) in [5, 5.41) is 12.2. The van der Waals surface area contributed by atoms with Gasteiger partial charge in [-0.15, -0.1) is 10.2 Å². The molecule has 0 unspecified atom stereocenters. The fourth-order valence-corrected chi connectivity index (χ4v) is 4.81. The van der Waals surface area contributed by atoms with E-state index in [1.165, 1.54) is 28.8 Å². The van der Waals surface area contributed by atoms with Crippen molar-refractivity contribution in [2.75, 3.05) is 29.5 Å². The standard InChI is InChI=1S/C20H21ClN4O4S2/c1-29-17-11-10-15(13-16(17)21)25(31(2,27)28)12-6-9-18(26)22-20-24-23-19(30-20)14-7-4-3-5-8-14/h3-5,7-8,10-11,13H,6,9,12H2,1-2H3,(H,22,24,26). The van der Waals surface area contributed by atoms with Gasteiger partial charge in [-0.3, -0.25) is 9.10 Å². The van der Waals surface area contributed by atoms with E-state index < -0.39 is 10.0 Å². The van der Waals surface area contributed by atoms with Gasteiger partial charge in [0.05, 0.1) is 24.1 Å². The third kappa shape index (κ3) is 6.16. The third-order valence-electron chi connectivity index (χ3n) is 4.28. The molecule has 1 N–H and O–H groups in total. The molecule has 0 aliphatic carbocycles. The molecule has 0 fully saturated rings. The number of hydrogen-bond acceptors (Lipinski definition) is 7. The van der Waals surface area contributed by atoms with Crippen molar-refractivity contribution < 1.29 is 17.9 Å². The second-order valence-corrected chi connectivity index (χ2v) is 9.88. The summed E-state index contributed by atoms with van der Waals surface area (Å²) in [5.74, 6) is 0.183. The van der Waals surface area contributed by atoms with Crippen LogP contribution in [0.5, 0.6) is 5.75 Å². The molecule has 0 spiro atoms. The number of carbonyl (C=O) groups excluding carboxylic acids is 1. The van der Waals surface area contributed by atoms with Crippen LogP contribution in [0.4, 0.5) is 10.8 Å². The highest BCUT2D eigenvalue weighted by molar-refractivity contribution is 7.92. The van der Waals surface area contributed by atoms with Gasteiger partial charge in [0.25, 0.3) is 0 Å². The van der Waals surface area contributed by atoms with E-state index in [1.54, 1.807) is 12.1 Å². The molecule has 3 aromatic rings. The Kier molecular flexibility index (Phi) is 7.47. The van der Waals surface area contributed by atoms with Gasteiger partial charge in [0.2, 0.25) is 21.1 Å². The second kappa shape index (κ2) is 10.1. The molecule has 1 amide bonds. The first-order valence-electron chi connectivity index (χ1n) is 9.28. The number of aromatic nitrogens is 2. The van der Waals surface area contributed by atoms with Crippen LogP contribution >= 0.6 is 22.9 Å². The number of methoxy groups -OCH3 is 1. The predicted octanol–water partition coefficient (Wildman–Crippen LogP) is 4.05. The maximum absolute atomic E-state index is 12.3. The van der Waals surface area contributed by atoms with Crippen LogP contribution in [-0.2, 0) is 14.8 Å². The van der Waals surface area contributed by atoms with Crippen molar-refractivity contribution in [3.05, 3.63) is 53.6 Å². The number of amides is 1. The second-order valence-electron chi connectivity index (χ2n) is 6.58. The highest BCUT2D eigenvalue weighted by Gasteiger charge is 2.19. The highest BCUT2D eigenvalue weighted by atomic mass is 35.5. The maximum atomic E-state index is 12.3. The Morgan fingerprint density at radius 2 is 1.94 bits per heavy atom. The molecule has 0 radical (unpaired) electrons. The van der Waals surface area contributed by atoms with Crippen LogP contribution in [0.15, 0.2) is 48.5 Å². The van der Waals surface area contributed by atoms with Gasteiger partial charge in [0.15, 0.2) is 0 Å². The molecule has 0 aliphatic rings. The molecule has 0 bridgehead atoms. The maximum Gasteiger partial charge on any atom is 0.232 e. The number of rotatable bonds is 9. The quantitative estimate of drug-likeness (QED) is 0.495. The largest absolute Gasteiger partial charge is 0.495 e. The Morgan fingerprint density at radius 3 is 2.58 bits per heavy atom. The molecule has 2 aromatic carbocycles. The number of carbonyl (C=O) groups is 1.